The number of rotatable bonds is 9. The number of hydrogen-bond donors (Lipinski definition) is 2. The molecular weight excluding hydrogens is 470 g/mol. The summed E-state index contributed by atoms with van der Waals surface area (Å²) in [5.41, 5.74) is 7.00. The highest BCUT2D eigenvalue weighted by Gasteiger charge is 2.34. The average Bonchev–Trinajstić information content (AvgIpc) is 3.56. The summed E-state index contributed by atoms with van der Waals surface area (Å²) in [5, 5.41) is 2.90. The Kier molecular flexibility index (Phi) is 7.46. The predicted molar refractivity (Wildman–Crippen MR) is 139 cm³/mol. The maximum Gasteiger partial charge on any atom is 0.306 e. The average molecular weight is 500 g/mol. The molecule has 0 radical (unpaired) electrons. The first kappa shape index (κ1) is 24.5. The number of amidine groups is 1. The molecule has 3 aromatic rings. The molecule has 2 heterocycles. The van der Waals surface area contributed by atoms with Crippen LogP contribution in [-0.4, -0.2) is 37.0 Å². The van der Waals surface area contributed by atoms with E-state index in [0.717, 1.165) is 28.0 Å². The van der Waals surface area contributed by atoms with Gasteiger partial charge in [-0.15, -0.1) is 0 Å². The predicted octanol–water partition coefficient (Wildman–Crippen LogP) is 4.17. The molecule has 3 aromatic carbocycles. The van der Waals surface area contributed by atoms with Crippen LogP contribution in [0, 0.1) is 5.92 Å². The lowest BCUT2D eigenvalue weighted by Crippen LogP contribution is -2.31. The van der Waals surface area contributed by atoms with Crippen molar-refractivity contribution in [3.05, 3.63) is 90.0 Å². The van der Waals surface area contributed by atoms with Crippen LogP contribution in [0.1, 0.15) is 37.1 Å². The highest BCUT2D eigenvalue weighted by molar-refractivity contribution is 5.99. The van der Waals surface area contributed by atoms with Crippen LogP contribution < -0.4 is 15.5 Å². The topological polar surface area (TPSA) is 98.2 Å². The number of carbonyl (C=O) groups is 2. The number of ether oxygens (including phenoxy) is 2. The fourth-order valence-electron chi connectivity index (χ4n) is 4.47. The van der Waals surface area contributed by atoms with Gasteiger partial charge >= 0.3 is 5.97 Å². The van der Waals surface area contributed by atoms with Crippen molar-refractivity contribution in [1.82, 2.24) is 10.8 Å². The minimum atomic E-state index is -0.362. The normalized spacial score (nSPS) is 20.6. The van der Waals surface area contributed by atoms with Crippen molar-refractivity contribution >= 4 is 17.7 Å². The van der Waals surface area contributed by atoms with Crippen LogP contribution in [0.3, 0.4) is 0 Å². The number of carbonyl (C=O) groups excluding carboxylic acids is 2. The van der Waals surface area contributed by atoms with Crippen molar-refractivity contribution in [2.24, 2.45) is 10.9 Å². The van der Waals surface area contributed by atoms with Gasteiger partial charge in [0, 0.05) is 11.1 Å². The molecule has 5 rings (SSSR count). The van der Waals surface area contributed by atoms with Gasteiger partial charge in [0.2, 0.25) is 12.1 Å². The first-order valence-electron chi connectivity index (χ1n) is 12.4. The molecule has 37 heavy (non-hydrogen) atoms. The van der Waals surface area contributed by atoms with Gasteiger partial charge in [-0.3, -0.25) is 9.59 Å². The molecule has 1 unspecified atom stereocenters. The van der Waals surface area contributed by atoms with E-state index in [4.69, 9.17) is 14.3 Å². The zero-order valence-corrected chi connectivity index (χ0v) is 20.6. The lowest BCUT2D eigenvalue weighted by molar-refractivity contribution is -0.145. The van der Waals surface area contributed by atoms with Crippen LogP contribution in [0.4, 0.5) is 0 Å². The fraction of sp³-hybridized carbons (Fsp3) is 0.276. The lowest BCUT2D eigenvalue weighted by Gasteiger charge is -2.12. The van der Waals surface area contributed by atoms with E-state index >= 15 is 0 Å². The summed E-state index contributed by atoms with van der Waals surface area (Å²) < 4.78 is 10.8. The van der Waals surface area contributed by atoms with Gasteiger partial charge in [0.15, 0.2) is 5.84 Å². The molecule has 0 aliphatic carbocycles. The number of hydrogen-bond acceptors (Lipinski definition) is 7. The van der Waals surface area contributed by atoms with Crippen LogP contribution in [-0.2, 0) is 19.2 Å². The van der Waals surface area contributed by atoms with Crippen molar-refractivity contribution in [2.45, 2.75) is 32.0 Å². The number of esters is 1. The summed E-state index contributed by atoms with van der Waals surface area (Å²) in [4.78, 5) is 34.1. The molecule has 2 N–H and O–H groups in total. The summed E-state index contributed by atoms with van der Waals surface area (Å²) in [7, 11) is 0. The van der Waals surface area contributed by atoms with Gasteiger partial charge in [0.05, 0.1) is 25.0 Å². The standard InChI is InChI=1S/C29H29N3O5/c1-2-35-26(33)17-23-16-24(30-28(23)34)18-36-25-14-12-20(13-15-25)19-8-10-21(11-9-19)27-31-29(37-32-27)22-6-4-3-5-7-22/h3-15,23-24,29H,2,16-18H2,1H3,(H,30,34)(H,31,32)/t23-,24+,29?/m0/s1. The highest BCUT2D eigenvalue weighted by Crippen LogP contribution is 2.26. The molecule has 8 heteroatoms. The van der Waals surface area contributed by atoms with Gasteiger partial charge in [-0.05, 0) is 36.6 Å². The number of aliphatic imine (C=N–C) groups is 1. The van der Waals surface area contributed by atoms with Crippen LogP contribution >= 0.6 is 0 Å². The number of nitrogens with one attached hydrogen (secondary N) is 2. The molecule has 2 aliphatic rings. The molecule has 0 saturated carbocycles. The Morgan fingerprint density at radius 1 is 0.973 bits per heavy atom. The molecule has 190 valence electrons. The van der Waals surface area contributed by atoms with Crippen molar-refractivity contribution in [3.63, 3.8) is 0 Å². The lowest BCUT2D eigenvalue weighted by atomic mass is 10.0. The second-order valence-electron chi connectivity index (χ2n) is 9.02. The van der Waals surface area contributed by atoms with E-state index in [0.29, 0.717) is 25.5 Å². The van der Waals surface area contributed by atoms with Gasteiger partial charge in [0.25, 0.3) is 0 Å². The number of amides is 1. The Morgan fingerprint density at radius 3 is 2.35 bits per heavy atom. The van der Waals surface area contributed by atoms with Crippen LogP contribution in [0.5, 0.6) is 5.75 Å². The Labute approximate surface area is 215 Å². The van der Waals surface area contributed by atoms with Crippen LogP contribution in [0.15, 0.2) is 83.9 Å². The zero-order chi connectivity index (χ0) is 25.6. The third-order valence-electron chi connectivity index (χ3n) is 6.40. The molecule has 0 spiro atoms. The molecule has 0 aromatic heterocycles. The maximum atomic E-state index is 12.1. The Morgan fingerprint density at radius 2 is 1.65 bits per heavy atom. The first-order chi connectivity index (χ1) is 18.1. The van der Waals surface area contributed by atoms with E-state index < -0.39 is 0 Å². The molecule has 3 atom stereocenters. The smallest absolute Gasteiger partial charge is 0.306 e. The van der Waals surface area contributed by atoms with E-state index in [1.54, 1.807) is 6.92 Å². The van der Waals surface area contributed by atoms with Crippen LogP contribution in [0.2, 0.25) is 0 Å². The summed E-state index contributed by atoms with van der Waals surface area (Å²) >= 11 is 0. The second-order valence-corrected chi connectivity index (χ2v) is 9.02. The van der Waals surface area contributed by atoms with E-state index in [1.807, 2.05) is 78.9 Å². The number of benzene rings is 3. The van der Waals surface area contributed by atoms with Gasteiger partial charge < -0.3 is 14.8 Å². The van der Waals surface area contributed by atoms with Gasteiger partial charge in [-0.1, -0.05) is 66.7 Å². The van der Waals surface area contributed by atoms with Crippen LogP contribution in [0.25, 0.3) is 11.1 Å². The van der Waals surface area contributed by atoms with Crippen molar-refractivity contribution in [1.29, 1.82) is 0 Å². The summed E-state index contributed by atoms with van der Waals surface area (Å²) in [6.45, 7) is 2.42. The summed E-state index contributed by atoms with van der Waals surface area (Å²) in [6, 6.07) is 25.7. The highest BCUT2D eigenvalue weighted by atomic mass is 16.7. The SMILES string of the molecule is CCOC(=O)C[C@@H]1C[C@H](COc2ccc(-c3ccc(C4=NC(c5ccccc5)ON4)cc3)cc2)NC1=O. The Hall–Kier alpha value is -4.17. The number of nitrogens with zero attached hydrogens (tertiary/aromatic N) is 1. The third-order valence-corrected chi connectivity index (χ3v) is 6.40. The largest absolute Gasteiger partial charge is 0.491 e. The summed E-state index contributed by atoms with van der Waals surface area (Å²) in [6.07, 6.45) is 0.303. The quantitative estimate of drug-likeness (QED) is 0.429. The summed E-state index contributed by atoms with van der Waals surface area (Å²) in [5.74, 6) is 0.593. The van der Waals surface area contributed by atoms with Crippen molar-refractivity contribution in [3.8, 4) is 16.9 Å². The Bertz CT molecular complexity index is 1260. The molecule has 8 nitrogen and oxygen atoms in total. The minimum absolute atomic E-state index is 0.105. The van der Waals surface area contributed by atoms with Crippen molar-refractivity contribution < 1.29 is 23.9 Å². The molecule has 0 bridgehead atoms. The molecular formula is C29H29N3O5. The van der Waals surface area contributed by atoms with Crippen molar-refractivity contribution in [2.75, 3.05) is 13.2 Å². The zero-order valence-electron chi connectivity index (χ0n) is 20.6. The second kappa shape index (κ2) is 11.3. The fourth-order valence-corrected chi connectivity index (χ4v) is 4.47. The monoisotopic (exact) mass is 499 g/mol. The maximum absolute atomic E-state index is 12.1. The minimum Gasteiger partial charge on any atom is -0.491 e. The molecule has 1 amide bonds. The number of hydroxylamine groups is 1. The van der Waals surface area contributed by atoms with Gasteiger partial charge in [0.1, 0.15) is 12.4 Å². The van der Waals surface area contributed by atoms with E-state index in [9.17, 15) is 9.59 Å². The Balaban J connectivity index is 1.14. The van der Waals surface area contributed by atoms with E-state index in [1.165, 1.54) is 0 Å². The molecule has 1 fully saturated rings. The molecule has 2 aliphatic heterocycles. The van der Waals surface area contributed by atoms with Gasteiger partial charge in [-0.25, -0.2) is 15.3 Å². The van der Waals surface area contributed by atoms with Gasteiger partial charge in [-0.2, -0.15) is 0 Å². The first-order valence-corrected chi connectivity index (χ1v) is 12.4. The third kappa shape index (κ3) is 5.98. The molecule has 1 saturated heterocycles. The van der Waals surface area contributed by atoms with E-state index in [2.05, 4.69) is 15.8 Å². The van der Waals surface area contributed by atoms with E-state index in [-0.39, 0.29) is 36.5 Å².